The molecular weight excluding hydrogens is 512 g/mol. The fourth-order valence-electron chi connectivity index (χ4n) is 3.84. The van der Waals surface area contributed by atoms with Gasteiger partial charge in [-0.15, -0.1) is 0 Å². The number of rotatable bonds is 11. The van der Waals surface area contributed by atoms with Gasteiger partial charge in [-0.1, -0.05) is 36.8 Å². The topological polar surface area (TPSA) is 139 Å². The van der Waals surface area contributed by atoms with Crippen LogP contribution in [0.4, 0.5) is 11.4 Å². The number of sulfonamides is 1. The predicted octanol–water partition coefficient (Wildman–Crippen LogP) is 3.40. The van der Waals surface area contributed by atoms with Gasteiger partial charge in [-0.25, -0.2) is 8.42 Å². The minimum Gasteiger partial charge on any atom is -0.495 e. The number of amides is 2. The minimum atomic E-state index is -4.10. The van der Waals surface area contributed by atoms with Crippen LogP contribution in [0.3, 0.4) is 0 Å². The standard InChI is InChI=1S/C26H36N4O7S/c1-8-21(25(32)27-26(3,4)5)28(16-19-11-9-18(2)10-12-19)24(31)17-29(38(7,35)36)22-15-20(30(33)34)13-14-23(22)37-6/h9-15,21H,8,16-17H2,1-7H3,(H,27,32)/t21-/m1/s1. The normalized spacial score (nSPS) is 12.4. The van der Waals surface area contributed by atoms with E-state index in [0.29, 0.717) is 0 Å². The van der Waals surface area contributed by atoms with Crippen LogP contribution in [-0.2, 0) is 26.2 Å². The number of carbonyl (C=O) groups excluding carboxylic acids is 2. The van der Waals surface area contributed by atoms with E-state index in [9.17, 15) is 28.1 Å². The molecule has 0 aromatic heterocycles. The molecule has 0 heterocycles. The number of nitro groups is 1. The Bertz CT molecular complexity index is 1270. The molecule has 208 valence electrons. The third-order valence-electron chi connectivity index (χ3n) is 5.68. The molecule has 0 radical (unpaired) electrons. The average Bonchev–Trinajstić information content (AvgIpc) is 2.81. The first-order valence-electron chi connectivity index (χ1n) is 12.0. The van der Waals surface area contributed by atoms with Crippen LogP contribution >= 0.6 is 0 Å². The van der Waals surface area contributed by atoms with E-state index in [-0.39, 0.29) is 36.0 Å². The zero-order valence-corrected chi connectivity index (χ0v) is 23.7. The second-order valence-electron chi connectivity index (χ2n) is 10.1. The van der Waals surface area contributed by atoms with Crippen molar-refractivity contribution in [3.8, 4) is 5.75 Å². The SMILES string of the molecule is CC[C@H](C(=O)NC(C)(C)C)N(Cc1ccc(C)cc1)C(=O)CN(c1cc([N+](=O)[O-])ccc1OC)S(C)(=O)=O. The smallest absolute Gasteiger partial charge is 0.271 e. The summed E-state index contributed by atoms with van der Waals surface area (Å²) in [7, 11) is -2.81. The molecule has 0 aliphatic rings. The summed E-state index contributed by atoms with van der Waals surface area (Å²) >= 11 is 0. The number of non-ortho nitro benzene ring substituents is 1. The van der Waals surface area contributed by atoms with Gasteiger partial charge in [0.2, 0.25) is 21.8 Å². The number of methoxy groups -OCH3 is 1. The van der Waals surface area contributed by atoms with Crippen molar-refractivity contribution in [1.82, 2.24) is 10.2 Å². The van der Waals surface area contributed by atoms with Crippen molar-refractivity contribution in [3.05, 3.63) is 63.7 Å². The van der Waals surface area contributed by atoms with Gasteiger partial charge in [0.15, 0.2) is 0 Å². The fraction of sp³-hybridized carbons (Fsp3) is 0.462. The van der Waals surface area contributed by atoms with Crippen LogP contribution in [0.1, 0.15) is 45.2 Å². The lowest BCUT2D eigenvalue weighted by molar-refractivity contribution is -0.384. The molecule has 0 bridgehead atoms. The van der Waals surface area contributed by atoms with E-state index >= 15 is 0 Å². The van der Waals surface area contributed by atoms with Crippen molar-refractivity contribution in [2.24, 2.45) is 0 Å². The molecule has 0 aliphatic heterocycles. The summed E-state index contributed by atoms with van der Waals surface area (Å²) in [6, 6.07) is 10.0. The molecular formula is C26H36N4O7S. The van der Waals surface area contributed by atoms with Crippen molar-refractivity contribution in [2.75, 3.05) is 24.2 Å². The van der Waals surface area contributed by atoms with Gasteiger partial charge in [0.25, 0.3) is 5.69 Å². The molecule has 0 spiro atoms. The van der Waals surface area contributed by atoms with E-state index in [1.54, 1.807) is 6.92 Å². The Kier molecular flexibility index (Phi) is 9.85. The van der Waals surface area contributed by atoms with Crippen molar-refractivity contribution in [1.29, 1.82) is 0 Å². The number of nitro benzene ring substituents is 1. The Labute approximate surface area is 224 Å². The number of ether oxygens (including phenoxy) is 1. The zero-order valence-electron chi connectivity index (χ0n) is 22.8. The summed E-state index contributed by atoms with van der Waals surface area (Å²) in [5.41, 5.74) is 0.697. The Hall–Kier alpha value is -3.67. The largest absolute Gasteiger partial charge is 0.495 e. The van der Waals surface area contributed by atoms with Gasteiger partial charge in [0.1, 0.15) is 24.0 Å². The summed E-state index contributed by atoms with van der Waals surface area (Å²) < 4.78 is 31.7. The van der Waals surface area contributed by atoms with E-state index in [2.05, 4.69) is 5.32 Å². The van der Waals surface area contributed by atoms with Crippen molar-refractivity contribution in [3.63, 3.8) is 0 Å². The highest BCUT2D eigenvalue weighted by molar-refractivity contribution is 7.92. The van der Waals surface area contributed by atoms with Crippen molar-refractivity contribution in [2.45, 2.75) is 59.2 Å². The quantitative estimate of drug-likeness (QED) is 0.335. The monoisotopic (exact) mass is 548 g/mol. The van der Waals surface area contributed by atoms with Gasteiger partial charge < -0.3 is 15.0 Å². The van der Waals surface area contributed by atoms with Crippen molar-refractivity contribution >= 4 is 33.2 Å². The predicted molar refractivity (Wildman–Crippen MR) is 146 cm³/mol. The fourth-order valence-corrected chi connectivity index (χ4v) is 4.69. The van der Waals surface area contributed by atoms with E-state index in [1.165, 1.54) is 24.1 Å². The molecule has 1 N–H and O–H groups in total. The van der Waals surface area contributed by atoms with Crippen molar-refractivity contribution < 1.29 is 27.7 Å². The Morgan fingerprint density at radius 3 is 2.21 bits per heavy atom. The highest BCUT2D eigenvalue weighted by Crippen LogP contribution is 2.34. The lowest BCUT2D eigenvalue weighted by atomic mass is 10.1. The first-order valence-corrected chi connectivity index (χ1v) is 13.9. The van der Waals surface area contributed by atoms with Crippen LogP contribution in [0.5, 0.6) is 5.75 Å². The highest BCUT2D eigenvalue weighted by Gasteiger charge is 2.34. The Balaban J connectivity index is 2.57. The van der Waals surface area contributed by atoms with Crippen LogP contribution in [-0.4, -0.2) is 61.5 Å². The van der Waals surface area contributed by atoms with Crippen LogP contribution < -0.4 is 14.4 Å². The summed E-state index contributed by atoms with van der Waals surface area (Å²) in [6.45, 7) is 8.52. The first kappa shape index (κ1) is 30.6. The zero-order chi connectivity index (χ0) is 28.8. The lowest BCUT2D eigenvalue weighted by Crippen LogP contribution is -2.55. The van der Waals surface area contributed by atoms with Gasteiger partial charge >= 0.3 is 0 Å². The number of nitrogens with zero attached hydrogens (tertiary/aromatic N) is 3. The summed E-state index contributed by atoms with van der Waals surface area (Å²) in [4.78, 5) is 39.1. The molecule has 0 aliphatic carbocycles. The maximum atomic E-state index is 13.8. The second-order valence-corrected chi connectivity index (χ2v) is 12.0. The molecule has 0 unspecified atom stereocenters. The summed E-state index contributed by atoms with van der Waals surface area (Å²) in [5, 5.41) is 14.3. The lowest BCUT2D eigenvalue weighted by Gasteiger charge is -2.34. The molecule has 12 heteroatoms. The van der Waals surface area contributed by atoms with Gasteiger partial charge in [-0.3, -0.25) is 24.0 Å². The molecule has 1 atom stereocenters. The highest BCUT2D eigenvalue weighted by atomic mass is 32.2. The van der Waals surface area contributed by atoms with Gasteiger partial charge in [0, 0.05) is 24.2 Å². The van der Waals surface area contributed by atoms with Gasteiger partial charge in [0.05, 0.1) is 18.3 Å². The van der Waals surface area contributed by atoms with Crippen LogP contribution in [0, 0.1) is 17.0 Å². The maximum Gasteiger partial charge on any atom is 0.271 e. The van der Waals surface area contributed by atoms with Crippen LogP contribution in [0.25, 0.3) is 0 Å². The summed E-state index contributed by atoms with van der Waals surface area (Å²) in [6.07, 6.45) is 1.17. The van der Waals surface area contributed by atoms with E-state index < -0.39 is 39.0 Å². The molecule has 11 nitrogen and oxygen atoms in total. The second kappa shape index (κ2) is 12.2. The molecule has 0 saturated heterocycles. The first-order chi connectivity index (χ1) is 17.6. The molecule has 2 amide bonds. The molecule has 2 aromatic rings. The van der Waals surface area contributed by atoms with Gasteiger partial charge in [-0.2, -0.15) is 0 Å². The Morgan fingerprint density at radius 1 is 1.13 bits per heavy atom. The van der Waals surface area contributed by atoms with Gasteiger partial charge in [-0.05, 0) is 45.7 Å². The molecule has 2 aromatic carbocycles. The number of hydrogen-bond donors (Lipinski definition) is 1. The molecule has 38 heavy (non-hydrogen) atoms. The van der Waals surface area contributed by atoms with Crippen LogP contribution in [0.2, 0.25) is 0 Å². The van der Waals surface area contributed by atoms with E-state index in [4.69, 9.17) is 4.74 Å². The number of nitrogens with one attached hydrogen (secondary N) is 1. The number of carbonyl (C=O) groups is 2. The summed E-state index contributed by atoms with van der Waals surface area (Å²) in [5.74, 6) is -0.990. The number of aryl methyl sites for hydroxylation is 1. The van der Waals surface area contributed by atoms with E-state index in [1.807, 2.05) is 52.0 Å². The third-order valence-corrected chi connectivity index (χ3v) is 6.81. The number of hydrogen-bond acceptors (Lipinski definition) is 7. The number of benzene rings is 2. The average molecular weight is 549 g/mol. The third kappa shape index (κ3) is 8.17. The van der Waals surface area contributed by atoms with E-state index in [0.717, 1.165) is 27.8 Å². The maximum absolute atomic E-state index is 13.8. The molecule has 0 saturated carbocycles. The Morgan fingerprint density at radius 2 is 1.74 bits per heavy atom. The minimum absolute atomic E-state index is 0.0384. The van der Waals surface area contributed by atoms with Crippen LogP contribution in [0.15, 0.2) is 42.5 Å². The molecule has 0 fully saturated rings. The molecule has 2 rings (SSSR count). The number of anilines is 1.